The highest BCUT2D eigenvalue weighted by atomic mass is 28.2. The lowest BCUT2D eigenvalue weighted by molar-refractivity contribution is 1.07. The first kappa shape index (κ1) is 5.78. The van der Waals surface area contributed by atoms with Gasteiger partial charge in [0.15, 0.2) is 0 Å². The van der Waals surface area contributed by atoms with Gasteiger partial charge in [-0.25, -0.2) is 0 Å². The topological polar surface area (TPSA) is 0 Å². The monoisotopic (exact) mass is 97.0 g/mol. The van der Waals surface area contributed by atoms with Gasteiger partial charge in [0.25, 0.3) is 0 Å². The van der Waals surface area contributed by atoms with Crippen LogP contribution in [0.5, 0.6) is 0 Å². The van der Waals surface area contributed by atoms with Crippen LogP contribution in [0, 0.1) is 12.0 Å². The molecular weight excluding hydrogens is 88.1 g/mol. The molecule has 0 aromatic carbocycles. The highest BCUT2D eigenvalue weighted by molar-refractivity contribution is 6.47. The summed E-state index contributed by atoms with van der Waals surface area (Å²) in [4.78, 5) is 0. The molecule has 0 aromatic rings. The van der Waals surface area contributed by atoms with Crippen LogP contribution in [0.1, 0.15) is 13.8 Å². The number of rotatable bonds is 1. The fourth-order valence-electron chi connectivity index (χ4n) is 0.204. The second-order valence-corrected chi connectivity index (χ2v) is 4.17. The van der Waals surface area contributed by atoms with Crippen LogP contribution in [0.15, 0.2) is 0 Å². The van der Waals surface area contributed by atoms with Gasteiger partial charge in [0, 0.05) is 0 Å². The fraction of sp³-hybridized carbons (Fsp3) is 0.600. The molecule has 0 unspecified atom stereocenters. The van der Waals surface area contributed by atoms with Crippen LogP contribution in [-0.2, 0) is 0 Å². The summed E-state index contributed by atoms with van der Waals surface area (Å²) in [5.74, 6) is 0. The summed E-state index contributed by atoms with van der Waals surface area (Å²) in [6.45, 7) is 4.27. The molecule has 0 amide bonds. The lowest BCUT2D eigenvalue weighted by Gasteiger charge is -1.88. The molecule has 6 heavy (non-hydrogen) atoms. The van der Waals surface area contributed by atoms with E-state index in [-0.39, 0.29) is 9.52 Å². The summed E-state index contributed by atoms with van der Waals surface area (Å²) in [7, 11) is -0.227. The zero-order chi connectivity index (χ0) is 4.99. The van der Waals surface area contributed by atoms with E-state index < -0.39 is 0 Å². The Morgan fingerprint density at radius 1 is 1.67 bits per heavy atom. The maximum Gasteiger partial charge on any atom is 0.110 e. The van der Waals surface area contributed by atoms with E-state index in [4.69, 9.17) is 6.42 Å². The summed E-state index contributed by atoms with van der Waals surface area (Å²) in [5, 5.41) is 0. The van der Waals surface area contributed by atoms with Crippen molar-refractivity contribution in [1.29, 1.82) is 0 Å². The van der Waals surface area contributed by atoms with Crippen molar-refractivity contribution in [3.05, 3.63) is 6.42 Å². The molecule has 0 rings (SSSR count). The minimum absolute atomic E-state index is 0.227. The van der Waals surface area contributed by atoms with Crippen molar-refractivity contribution < 1.29 is 0 Å². The Hall–Kier alpha value is -0.223. The maximum atomic E-state index is 6.54. The Bertz CT molecular complexity index is 58.8. The molecule has 0 N–H and O–H groups in total. The Kier molecular flexibility index (Phi) is 2.88. The molecular formula is C5H9Si. The molecule has 0 saturated heterocycles. The van der Waals surface area contributed by atoms with Crippen molar-refractivity contribution in [2.75, 3.05) is 0 Å². The maximum absolute atomic E-state index is 6.54. The average molecular weight is 97.2 g/mol. The third kappa shape index (κ3) is 3.78. The molecule has 0 nitrogen and oxygen atoms in total. The normalized spacial score (nSPS) is 10.3. The van der Waals surface area contributed by atoms with Gasteiger partial charge >= 0.3 is 0 Å². The van der Waals surface area contributed by atoms with E-state index in [0.717, 1.165) is 5.54 Å². The van der Waals surface area contributed by atoms with Gasteiger partial charge in [-0.15, -0.1) is 5.54 Å². The second kappa shape index (κ2) is 2.99. The smallest absolute Gasteiger partial charge is 0.110 e. The molecule has 0 atom stereocenters. The van der Waals surface area contributed by atoms with Crippen LogP contribution >= 0.6 is 0 Å². The second-order valence-electron chi connectivity index (χ2n) is 1.77. The number of hydrogen-bond donors (Lipinski definition) is 0. The van der Waals surface area contributed by atoms with Gasteiger partial charge in [0.2, 0.25) is 0 Å². The minimum atomic E-state index is -0.227. The van der Waals surface area contributed by atoms with Crippen molar-refractivity contribution >= 4 is 9.52 Å². The van der Waals surface area contributed by atoms with Crippen LogP contribution in [0.4, 0.5) is 0 Å². The van der Waals surface area contributed by atoms with Crippen molar-refractivity contribution in [3.63, 3.8) is 0 Å². The average Bonchev–Trinajstić information content (AvgIpc) is 1.35. The summed E-state index contributed by atoms with van der Waals surface area (Å²) in [6.07, 6.45) is 6.54. The first-order chi connectivity index (χ1) is 2.77. The Labute approximate surface area is 41.8 Å². The molecule has 0 spiro atoms. The Balaban J connectivity index is 2.88. The zero-order valence-corrected chi connectivity index (χ0v) is 5.70. The van der Waals surface area contributed by atoms with Crippen molar-refractivity contribution in [2.24, 2.45) is 0 Å². The van der Waals surface area contributed by atoms with Gasteiger partial charge in [-0.3, -0.25) is 0 Å². The summed E-state index contributed by atoms with van der Waals surface area (Å²) < 4.78 is 0. The predicted octanol–water partition coefficient (Wildman–Crippen LogP) is 0.531. The van der Waals surface area contributed by atoms with Crippen molar-refractivity contribution in [2.45, 2.75) is 19.4 Å². The fourth-order valence-corrected chi connectivity index (χ4v) is 0.612. The van der Waals surface area contributed by atoms with Crippen molar-refractivity contribution in [1.82, 2.24) is 0 Å². The van der Waals surface area contributed by atoms with E-state index in [1.165, 1.54) is 0 Å². The van der Waals surface area contributed by atoms with E-state index in [1.54, 1.807) is 0 Å². The van der Waals surface area contributed by atoms with Crippen LogP contribution in [0.3, 0.4) is 0 Å². The zero-order valence-electron chi connectivity index (χ0n) is 4.28. The molecule has 1 radical (unpaired) electrons. The van der Waals surface area contributed by atoms with Crippen LogP contribution in [-0.4, -0.2) is 9.52 Å². The summed E-state index contributed by atoms with van der Waals surface area (Å²) in [5.41, 5.74) is 3.19. The quantitative estimate of drug-likeness (QED) is 0.331. The lowest BCUT2D eigenvalue weighted by Crippen LogP contribution is -1.87. The SMILES string of the molecule is [C]#C[SiH2]C(C)C. The standard InChI is InChI=1S/C5H9Si/c1-4-6-5(2)3/h5H,6H2,2-3H3. The summed E-state index contributed by atoms with van der Waals surface area (Å²) >= 11 is 0. The lowest BCUT2D eigenvalue weighted by atomic mass is 10.6. The molecule has 1 heteroatoms. The highest BCUT2D eigenvalue weighted by Gasteiger charge is 1.85. The molecule has 0 heterocycles. The van der Waals surface area contributed by atoms with Crippen LogP contribution in [0.25, 0.3) is 0 Å². The first-order valence-corrected chi connectivity index (χ1v) is 3.69. The van der Waals surface area contributed by atoms with E-state index in [0.29, 0.717) is 0 Å². The molecule has 0 aliphatic rings. The van der Waals surface area contributed by atoms with Crippen molar-refractivity contribution in [3.8, 4) is 5.54 Å². The predicted molar refractivity (Wildman–Crippen MR) is 30.8 cm³/mol. The third-order valence-electron chi connectivity index (χ3n) is 0.510. The van der Waals surface area contributed by atoms with E-state index in [1.807, 2.05) is 0 Å². The van der Waals surface area contributed by atoms with Gasteiger partial charge in [0.1, 0.15) is 9.52 Å². The third-order valence-corrected chi connectivity index (χ3v) is 1.53. The largest absolute Gasteiger partial charge is 0.125 e. The van der Waals surface area contributed by atoms with Gasteiger partial charge in [0.05, 0.1) is 0 Å². The van der Waals surface area contributed by atoms with E-state index in [9.17, 15) is 0 Å². The molecule has 0 saturated carbocycles. The Morgan fingerprint density at radius 3 is 2.17 bits per heavy atom. The van der Waals surface area contributed by atoms with Gasteiger partial charge in [-0.2, -0.15) is 0 Å². The molecule has 0 aromatic heterocycles. The van der Waals surface area contributed by atoms with E-state index in [2.05, 4.69) is 19.4 Å². The number of hydrogen-bond acceptors (Lipinski definition) is 0. The molecule has 0 aliphatic carbocycles. The molecule has 0 fully saturated rings. The Morgan fingerprint density at radius 2 is 2.17 bits per heavy atom. The molecule has 0 aliphatic heterocycles. The van der Waals surface area contributed by atoms with Crippen LogP contribution in [0.2, 0.25) is 5.54 Å². The molecule has 33 valence electrons. The minimum Gasteiger partial charge on any atom is -0.125 e. The van der Waals surface area contributed by atoms with Crippen LogP contribution < -0.4 is 0 Å². The highest BCUT2D eigenvalue weighted by Crippen LogP contribution is 1.92. The van der Waals surface area contributed by atoms with Gasteiger partial charge < -0.3 is 0 Å². The first-order valence-electron chi connectivity index (χ1n) is 2.17. The summed E-state index contributed by atoms with van der Waals surface area (Å²) in [6, 6.07) is 0. The van der Waals surface area contributed by atoms with E-state index >= 15 is 0 Å². The van der Waals surface area contributed by atoms with Gasteiger partial charge in [-0.1, -0.05) is 13.8 Å². The van der Waals surface area contributed by atoms with Gasteiger partial charge in [-0.05, 0) is 12.0 Å². The molecule has 0 bridgehead atoms.